The second kappa shape index (κ2) is 6.46. The number of carbonyl (C=O) groups excluding carboxylic acids is 1. The third-order valence-corrected chi connectivity index (χ3v) is 6.00. The van der Waals surface area contributed by atoms with Crippen LogP contribution in [0.5, 0.6) is 0 Å². The Morgan fingerprint density at radius 1 is 1.43 bits per heavy atom. The highest BCUT2D eigenvalue weighted by atomic mass is 79.9. The van der Waals surface area contributed by atoms with Crippen molar-refractivity contribution in [3.8, 4) is 0 Å². The van der Waals surface area contributed by atoms with Crippen molar-refractivity contribution in [3.05, 3.63) is 27.7 Å². The number of carbonyl (C=O) groups is 1. The van der Waals surface area contributed by atoms with Crippen LogP contribution in [0, 0.1) is 12.8 Å². The number of benzene rings is 1. The van der Waals surface area contributed by atoms with Gasteiger partial charge < -0.3 is 4.74 Å². The quantitative estimate of drug-likeness (QED) is 0.801. The molecule has 1 aromatic rings. The highest BCUT2D eigenvalue weighted by Gasteiger charge is 2.20. The van der Waals surface area contributed by atoms with E-state index in [9.17, 15) is 13.2 Å². The molecule has 1 aromatic carbocycles. The molecule has 0 unspecified atom stereocenters. The fraction of sp³-hybridized carbons (Fsp3) is 0.500. The first-order valence-corrected chi connectivity index (χ1v) is 9.13. The summed E-state index contributed by atoms with van der Waals surface area (Å²) in [4.78, 5) is 11.9. The highest BCUT2D eigenvalue weighted by Crippen LogP contribution is 2.29. The van der Waals surface area contributed by atoms with E-state index in [4.69, 9.17) is 9.88 Å². The first kappa shape index (κ1) is 16.5. The molecule has 0 amide bonds. The number of rotatable bonds is 5. The Morgan fingerprint density at radius 2 is 2.10 bits per heavy atom. The maximum absolute atomic E-state index is 12.0. The van der Waals surface area contributed by atoms with E-state index in [-0.39, 0.29) is 10.5 Å². The lowest BCUT2D eigenvalue weighted by Crippen LogP contribution is -2.17. The van der Waals surface area contributed by atoms with Crippen LogP contribution < -0.4 is 5.14 Å². The maximum atomic E-state index is 12.0. The number of aryl methyl sites for hydroxylation is 1. The monoisotopic (exact) mass is 375 g/mol. The van der Waals surface area contributed by atoms with Crippen LogP contribution in [0.1, 0.15) is 41.6 Å². The Labute approximate surface area is 133 Å². The number of sulfonamides is 1. The number of esters is 1. The van der Waals surface area contributed by atoms with Gasteiger partial charge in [0.05, 0.1) is 17.1 Å². The Hall–Kier alpha value is -0.920. The van der Waals surface area contributed by atoms with E-state index in [1.807, 2.05) is 0 Å². The Bertz CT molecular complexity index is 653. The molecule has 0 aromatic heterocycles. The summed E-state index contributed by atoms with van der Waals surface area (Å²) in [6, 6.07) is 2.84. The third-order valence-electron chi connectivity index (χ3n) is 3.75. The minimum absolute atomic E-state index is 0.103. The molecule has 0 atom stereocenters. The number of hydrogen-bond acceptors (Lipinski definition) is 4. The predicted octanol–water partition coefficient (Wildman–Crippen LogP) is 2.75. The SMILES string of the molecule is Cc1cc(C(=O)OCCC2CCC2)cc(S(N)(=O)=O)c1Br. The summed E-state index contributed by atoms with van der Waals surface area (Å²) in [5, 5.41) is 5.15. The molecule has 1 fully saturated rings. The van der Waals surface area contributed by atoms with Crippen LogP contribution in [0.25, 0.3) is 0 Å². The van der Waals surface area contributed by atoms with Crippen LogP contribution >= 0.6 is 15.9 Å². The molecule has 21 heavy (non-hydrogen) atoms. The minimum atomic E-state index is -3.90. The molecule has 1 aliphatic carbocycles. The summed E-state index contributed by atoms with van der Waals surface area (Å²) >= 11 is 3.18. The van der Waals surface area contributed by atoms with E-state index in [0.29, 0.717) is 22.6 Å². The van der Waals surface area contributed by atoms with Gasteiger partial charge in [0.1, 0.15) is 0 Å². The summed E-state index contributed by atoms with van der Waals surface area (Å²) in [6.45, 7) is 2.06. The van der Waals surface area contributed by atoms with Gasteiger partial charge in [-0.1, -0.05) is 19.3 Å². The van der Waals surface area contributed by atoms with Crippen LogP contribution in [0.2, 0.25) is 0 Å². The molecule has 2 N–H and O–H groups in total. The molecule has 0 saturated heterocycles. The van der Waals surface area contributed by atoms with Gasteiger partial charge in [0.2, 0.25) is 10.0 Å². The lowest BCUT2D eigenvalue weighted by molar-refractivity contribution is 0.0464. The van der Waals surface area contributed by atoms with E-state index < -0.39 is 16.0 Å². The topological polar surface area (TPSA) is 86.5 Å². The van der Waals surface area contributed by atoms with Gasteiger partial charge in [0.15, 0.2) is 0 Å². The molecule has 0 spiro atoms. The molecule has 0 radical (unpaired) electrons. The van der Waals surface area contributed by atoms with Gasteiger partial charge in [-0.25, -0.2) is 18.4 Å². The lowest BCUT2D eigenvalue weighted by Gasteiger charge is -2.24. The zero-order valence-corrected chi connectivity index (χ0v) is 14.2. The summed E-state index contributed by atoms with van der Waals surface area (Å²) < 4.78 is 28.6. The average Bonchev–Trinajstić information content (AvgIpc) is 2.33. The van der Waals surface area contributed by atoms with E-state index in [1.165, 1.54) is 25.3 Å². The smallest absolute Gasteiger partial charge is 0.338 e. The van der Waals surface area contributed by atoms with Crippen LogP contribution in [0.3, 0.4) is 0 Å². The number of hydrogen-bond donors (Lipinski definition) is 1. The molecule has 1 aliphatic rings. The van der Waals surface area contributed by atoms with E-state index in [0.717, 1.165) is 6.42 Å². The first-order valence-electron chi connectivity index (χ1n) is 6.79. The summed E-state index contributed by atoms with van der Waals surface area (Å²) in [5.41, 5.74) is 0.820. The van der Waals surface area contributed by atoms with Crippen molar-refractivity contribution < 1.29 is 17.9 Å². The molecule has 116 valence electrons. The largest absolute Gasteiger partial charge is 0.462 e. The normalized spacial score (nSPS) is 15.6. The number of halogens is 1. The molecule has 0 bridgehead atoms. The van der Waals surface area contributed by atoms with Crippen LogP contribution in [-0.2, 0) is 14.8 Å². The molecule has 5 nitrogen and oxygen atoms in total. The summed E-state index contributed by atoms with van der Waals surface area (Å²) in [5.74, 6) is 0.138. The standard InChI is InChI=1S/C14H18BrNO4S/c1-9-7-11(8-12(13(9)15)21(16,18)19)14(17)20-6-5-10-3-2-4-10/h7-8,10H,2-6H2,1H3,(H2,16,18,19). The fourth-order valence-electron chi connectivity index (χ4n) is 2.25. The van der Waals surface area contributed by atoms with Crippen molar-refractivity contribution in [3.63, 3.8) is 0 Å². The van der Waals surface area contributed by atoms with E-state index in [1.54, 1.807) is 13.0 Å². The van der Waals surface area contributed by atoms with Crippen LogP contribution in [-0.4, -0.2) is 21.0 Å². The second-order valence-electron chi connectivity index (χ2n) is 5.37. The zero-order valence-electron chi connectivity index (χ0n) is 11.8. The average molecular weight is 376 g/mol. The Kier molecular flexibility index (Phi) is 5.06. The van der Waals surface area contributed by atoms with Gasteiger partial charge in [-0.3, -0.25) is 0 Å². The van der Waals surface area contributed by atoms with E-state index in [2.05, 4.69) is 15.9 Å². The molecule has 0 aliphatic heterocycles. The Morgan fingerprint density at radius 3 is 2.62 bits per heavy atom. The van der Waals surface area contributed by atoms with Gasteiger partial charge in [0, 0.05) is 4.47 Å². The lowest BCUT2D eigenvalue weighted by atomic mass is 9.83. The molecule has 1 saturated carbocycles. The van der Waals surface area contributed by atoms with E-state index >= 15 is 0 Å². The van der Waals surface area contributed by atoms with Crippen molar-refractivity contribution in [1.82, 2.24) is 0 Å². The molecule has 7 heteroatoms. The molecule has 0 heterocycles. The number of nitrogens with two attached hydrogens (primary N) is 1. The van der Waals surface area contributed by atoms with Crippen LogP contribution in [0.15, 0.2) is 21.5 Å². The van der Waals surface area contributed by atoms with Crippen molar-refractivity contribution in [1.29, 1.82) is 0 Å². The second-order valence-corrected chi connectivity index (χ2v) is 7.69. The van der Waals surface area contributed by atoms with Crippen molar-refractivity contribution >= 4 is 31.9 Å². The van der Waals surface area contributed by atoms with Crippen LogP contribution in [0.4, 0.5) is 0 Å². The highest BCUT2D eigenvalue weighted by molar-refractivity contribution is 9.10. The number of primary sulfonamides is 1. The summed E-state index contributed by atoms with van der Waals surface area (Å²) in [6.07, 6.45) is 4.51. The predicted molar refractivity (Wildman–Crippen MR) is 82.5 cm³/mol. The number of ether oxygens (including phenoxy) is 1. The molecule has 2 rings (SSSR count). The summed E-state index contributed by atoms with van der Waals surface area (Å²) in [7, 11) is -3.90. The minimum Gasteiger partial charge on any atom is -0.462 e. The van der Waals surface area contributed by atoms with Crippen molar-refractivity contribution in [2.75, 3.05) is 6.61 Å². The van der Waals surface area contributed by atoms with Gasteiger partial charge in [0.25, 0.3) is 0 Å². The zero-order chi connectivity index (χ0) is 15.6. The van der Waals surface area contributed by atoms with Gasteiger partial charge in [-0.05, 0) is 52.9 Å². The Balaban J connectivity index is 2.11. The van der Waals surface area contributed by atoms with Crippen molar-refractivity contribution in [2.24, 2.45) is 11.1 Å². The fourth-order valence-corrected chi connectivity index (χ4v) is 3.85. The van der Waals surface area contributed by atoms with Gasteiger partial charge in [-0.2, -0.15) is 0 Å². The van der Waals surface area contributed by atoms with Gasteiger partial charge in [-0.15, -0.1) is 0 Å². The molecular formula is C14H18BrNO4S. The van der Waals surface area contributed by atoms with Gasteiger partial charge >= 0.3 is 5.97 Å². The first-order chi connectivity index (χ1) is 9.79. The third kappa shape index (κ3) is 4.05. The maximum Gasteiger partial charge on any atom is 0.338 e. The van der Waals surface area contributed by atoms with Crippen molar-refractivity contribution in [2.45, 2.75) is 37.5 Å². The molecular weight excluding hydrogens is 358 g/mol.